The van der Waals surface area contributed by atoms with Crippen molar-refractivity contribution in [2.24, 2.45) is 0 Å². The standard InChI is InChI=1S/C26H31ClN6O7S/c1-15-10-20-21(13-28-15)40-24(29-20)26(36)33-5-4-32(14-17(33)12-22(34)31-6-8-39-9-7-31)41(37,38)25-23(35)18-11-16(27)2-3-19(18)30-25/h2-3,11,15,17,28,30,35H,4-10,12-14H2,1H3. The number of halogens is 1. The van der Waals surface area contributed by atoms with Gasteiger partial charge in [0.2, 0.25) is 5.91 Å². The fraction of sp³-hybridized carbons (Fsp3) is 0.500. The van der Waals surface area contributed by atoms with E-state index in [0.717, 1.165) is 5.69 Å². The number of nitrogens with zero attached hydrogens (tertiary/aromatic N) is 4. The molecule has 0 radical (unpaired) electrons. The van der Waals surface area contributed by atoms with Gasteiger partial charge in [0.1, 0.15) is 5.76 Å². The third-order valence-corrected chi connectivity index (χ3v) is 9.91. The molecule has 3 aliphatic rings. The molecule has 3 aromatic rings. The molecule has 0 bridgehead atoms. The van der Waals surface area contributed by atoms with Crippen molar-refractivity contribution < 1.29 is 32.3 Å². The third kappa shape index (κ3) is 5.30. The summed E-state index contributed by atoms with van der Waals surface area (Å²) < 4.78 is 39.9. The zero-order valence-corrected chi connectivity index (χ0v) is 24.0. The van der Waals surface area contributed by atoms with E-state index in [1.54, 1.807) is 17.0 Å². The lowest BCUT2D eigenvalue weighted by Crippen LogP contribution is -2.58. The van der Waals surface area contributed by atoms with Crippen LogP contribution < -0.4 is 5.32 Å². The number of aromatic nitrogens is 2. The molecule has 2 saturated heterocycles. The number of carbonyl (C=O) groups excluding carboxylic acids is 2. The fourth-order valence-electron chi connectivity index (χ4n) is 5.60. The highest BCUT2D eigenvalue weighted by molar-refractivity contribution is 7.89. The van der Waals surface area contributed by atoms with Crippen LogP contribution >= 0.6 is 11.6 Å². The van der Waals surface area contributed by atoms with E-state index in [0.29, 0.717) is 55.6 Å². The normalized spacial score (nSPS) is 22.2. The maximum atomic E-state index is 13.8. The smallest absolute Gasteiger partial charge is 0.310 e. The third-order valence-electron chi connectivity index (χ3n) is 7.85. The van der Waals surface area contributed by atoms with E-state index in [9.17, 15) is 23.1 Å². The van der Waals surface area contributed by atoms with E-state index >= 15 is 0 Å². The van der Waals surface area contributed by atoms with Crippen molar-refractivity contribution in [3.63, 3.8) is 0 Å². The van der Waals surface area contributed by atoms with Crippen molar-refractivity contribution in [2.45, 2.75) is 43.4 Å². The Bertz CT molecular complexity index is 1600. The Kier molecular flexibility index (Phi) is 7.44. The number of aromatic hydroxyl groups is 1. The van der Waals surface area contributed by atoms with E-state index < -0.39 is 27.7 Å². The van der Waals surface area contributed by atoms with Gasteiger partial charge in [0, 0.05) is 62.0 Å². The molecule has 13 nitrogen and oxygen atoms in total. The lowest BCUT2D eigenvalue weighted by Gasteiger charge is -2.40. The van der Waals surface area contributed by atoms with Crippen molar-refractivity contribution in [3.8, 4) is 5.75 Å². The Hall–Kier alpha value is -3.17. The van der Waals surface area contributed by atoms with Gasteiger partial charge in [-0.15, -0.1) is 0 Å². The fourth-order valence-corrected chi connectivity index (χ4v) is 7.31. The first-order chi connectivity index (χ1) is 19.6. The van der Waals surface area contributed by atoms with Gasteiger partial charge in [-0.3, -0.25) is 9.59 Å². The average Bonchev–Trinajstić information content (AvgIpc) is 3.54. The summed E-state index contributed by atoms with van der Waals surface area (Å²) in [5.74, 6) is -0.607. The molecule has 3 aliphatic heterocycles. The number of hydrogen-bond acceptors (Lipinski definition) is 9. The summed E-state index contributed by atoms with van der Waals surface area (Å²) in [5.41, 5.74) is 1.13. The summed E-state index contributed by atoms with van der Waals surface area (Å²) >= 11 is 6.05. The number of ether oxygens (including phenoxy) is 1. The number of nitrogens with one attached hydrogen (secondary N) is 2. The molecule has 2 aromatic heterocycles. The van der Waals surface area contributed by atoms with Crippen LogP contribution in [0.2, 0.25) is 5.02 Å². The van der Waals surface area contributed by atoms with Crippen LogP contribution in [0.1, 0.15) is 35.5 Å². The molecule has 41 heavy (non-hydrogen) atoms. The number of rotatable bonds is 5. The molecule has 0 spiro atoms. The van der Waals surface area contributed by atoms with Gasteiger partial charge < -0.3 is 34.4 Å². The summed E-state index contributed by atoms with van der Waals surface area (Å²) in [6.07, 6.45) is 0.529. The van der Waals surface area contributed by atoms with Crippen LogP contribution in [0.4, 0.5) is 0 Å². The number of sulfonamides is 1. The number of oxazole rings is 1. The van der Waals surface area contributed by atoms with Gasteiger partial charge in [0.25, 0.3) is 15.9 Å². The van der Waals surface area contributed by atoms with Crippen molar-refractivity contribution in [1.29, 1.82) is 0 Å². The monoisotopic (exact) mass is 606 g/mol. The largest absolute Gasteiger partial charge is 0.504 e. The van der Waals surface area contributed by atoms with Crippen molar-refractivity contribution in [3.05, 3.63) is 40.6 Å². The first kappa shape index (κ1) is 28.0. The summed E-state index contributed by atoms with van der Waals surface area (Å²) in [7, 11) is -4.23. The summed E-state index contributed by atoms with van der Waals surface area (Å²) in [6, 6.07) is 4.06. The minimum atomic E-state index is -4.23. The second kappa shape index (κ2) is 10.9. The number of aromatic amines is 1. The number of benzene rings is 1. The number of H-pyrrole nitrogens is 1. The van der Waals surface area contributed by atoms with Crippen molar-refractivity contribution in [1.82, 2.24) is 29.4 Å². The molecule has 2 atom stereocenters. The summed E-state index contributed by atoms with van der Waals surface area (Å²) in [6.45, 7) is 3.95. The van der Waals surface area contributed by atoms with Crippen LogP contribution in [0.15, 0.2) is 27.6 Å². The Labute approximate surface area is 241 Å². The molecule has 15 heteroatoms. The molecule has 0 saturated carbocycles. The Balaban J connectivity index is 1.28. The van der Waals surface area contributed by atoms with Crippen LogP contribution in [-0.4, -0.2) is 107 Å². The molecule has 1 aromatic carbocycles. The molecule has 0 aliphatic carbocycles. The lowest BCUT2D eigenvalue weighted by atomic mass is 10.1. The van der Waals surface area contributed by atoms with Gasteiger partial charge in [-0.05, 0) is 25.1 Å². The SMILES string of the molecule is CC1Cc2nc(C(=O)N3CCN(S(=O)(=O)c4[nH]c5ccc(Cl)cc5c4O)CC3CC(=O)N3CCOCC3)oc2CN1. The Morgan fingerprint density at radius 1 is 1.20 bits per heavy atom. The molecule has 3 N–H and O–H groups in total. The van der Waals surface area contributed by atoms with E-state index in [2.05, 4.69) is 15.3 Å². The number of amides is 2. The average molecular weight is 607 g/mol. The maximum absolute atomic E-state index is 13.8. The highest BCUT2D eigenvalue weighted by Gasteiger charge is 2.41. The van der Waals surface area contributed by atoms with Gasteiger partial charge >= 0.3 is 5.91 Å². The quantitative estimate of drug-likeness (QED) is 0.389. The van der Waals surface area contributed by atoms with Gasteiger partial charge in [0.15, 0.2) is 10.8 Å². The van der Waals surface area contributed by atoms with Crippen LogP contribution in [0.3, 0.4) is 0 Å². The molecular formula is C26H31ClN6O7S. The van der Waals surface area contributed by atoms with E-state index in [1.165, 1.54) is 15.3 Å². The zero-order valence-electron chi connectivity index (χ0n) is 22.4. The minimum absolute atomic E-state index is 0.00758. The van der Waals surface area contributed by atoms with Crippen molar-refractivity contribution >= 4 is 44.3 Å². The van der Waals surface area contributed by atoms with Gasteiger partial charge in [-0.25, -0.2) is 13.4 Å². The van der Waals surface area contributed by atoms with E-state index in [4.69, 9.17) is 20.8 Å². The highest BCUT2D eigenvalue weighted by Crippen LogP contribution is 2.36. The van der Waals surface area contributed by atoms with E-state index in [1.807, 2.05) is 6.92 Å². The molecule has 2 unspecified atom stereocenters. The predicted molar refractivity (Wildman–Crippen MR) is 147 cm³/mol. The van der Waals surface area contributed by atoms with E-state index in [-0.39, 0.29) is 54.3 Å². The van der Waals surface area contributed by atoms with Crippen LogP contribution in [-0.2, 0) is 32.5 Å². The second-order valence-electron chi connectivity index (χ2n) is 10.6. The molecule has 2 amide bonds. The molecule has 5 heterocycles. The molecule has 2 fully saturated rings. The van der Waals surface area contributed by atoms with Crippen LogP contribution in [0, 0.1) is 0 Å². The second-order valence-corrected chi connectivity index (χ2v) is 12.9. The summed E-state index contributed by atoms with van der Waals surface area (Å²) in [4.78, 5) is 37.3. The topological polar surface area (TPSA) is 161 Å². The Morgan fingerprint density at radius 3 is 2.76 bits per heavy atom. The number of hydrogen-bond donors (Lipinski definition) is 3. The van der Waals surface area contributed by atoms with Crippen molar-refractivity contribution in [2.75, 3.05) is 45.9 Å². The van der Waals surface area contributed by atoms with Gasteiger partial charge in [-0.2, -0.15) is 4.31 Å². The maximum Gasteiger partial charge on any atom is 0.310 e. The molecular weight excluding hydrogens is 576 g/mol. The zero-order chi connectivity index (χ0) is 28.9. The number of carbonyl (C=O) groups is 2. The first-order valence-electron chi connectivity index (χ1n) is 13.5. The van der Waals surface area contributed by atoms with Gasteiger partial charge in [-0.1, -0.05) is 11.6 Å². The number of fused-ring (bicyclic) bond motifs is 2. The number of piperazine rings is 1. The predicted octanol–water partition coefficient (Wildman–Crippen LogP) is 1.31. The molecule has 6 rings (SSSR count). The number of morpholine rings is 1. The first-order valence-corrected chi connectivity index (χ1v) is 15.3. The lowest BCUT2D eigenvalue weighted by molar-refractivity contribution is -0.136. The van der Waals surface area contributed by atoms with Gasteiger partial charge in [0.05, 0.1) is 37.0 Å². The summed E-state index contributed by atoms with van der Waals surface area (Å²) in [5, 5.41) is 14.3. The highest BCUT2D eigenvalue weighted by atomic mass is 35.5. The molecule has 220 valence electrons. The van der Waals surface area contributed by atoms with Crippen LogP contribution in [0.5, 0.6) is 5.75 Å². The van der Waals surface area contributed by atoms with Crippen LogP contribution in [0.25, 0.3) is 10.9 Å². The minimum Gasteiger partial charge on any atom is -0.504 e. The Morgan fingerprint density at radius 2 is 1.98 bits per heavy atom.